The largest absolute Gasteiger partial charge is 0.489 e. The maximum Gasteiger partial charge on any atom is 0.150 e. The van der Waals surface area contributed by atoms with Crippen LogP contribution in [0, 0.1) is 13.8 Å². The molecular formula is C19H24O4. The Bertz CT molecular complexity index is 621. The molecule has 0 aliphatic rings. The van der Waals surface area contributed by atoms with Gasteiger partial charge < -0.3 is 14.9 Å². The first kappa shape index (κ1) is 18.9. The summed E-state index contributed by atoms with van der Waals surface area (Å²) in [5.41, 5.74) is 3.86. The van der Waals surface area contributed by atoms with E-state index in [9.17, 15) is 4.79 Å². The number of hydrogen-bond donors (Lipinski definition) is 2. The highest BCUT2D eigenvalue weighted by molar-refractivity contribution is 5.77. The van der Waals surface area contributed by atoms with Crippen LogP contribution in [0.3, 0.4) is 0 Å². The lowest BCUT2D eigenvalue weighted by Crippen LogP contribution is -2.03. The van der Waals surface area contributed by atoms with E-state index in [0.717, 1.165) is 23.2 Å². The van der Waals surface area contributed by atoms with Crippen molar-refractivity contribution in [3.8, 4) is 5.75 Å². The summed E-state index contributed by atoms with van der Waals surface area (Å²) in [4.78, 5) is 10.9. The summed E-state index contributed by atoms with van der Waals surface area (Å²) < 4.78 is 5.79. The third-order valence-electron chi connectivity index (χ3n) is 3.17. The summed E-state index contributed by atoms with van der Waals surface area (Å²) in [7, 11) is 0. The van der Waals surface area contributed by atoms with Crippen molar-refractivity contribution in [2.75, 3.05) is 6.61 Å². The molecule has 0 saturated carbocycles. The van der Waals surface area contributed by atoms with Gasteiger partial charge in [-0.05, 0) is 43.5 Å². The van der Waals surface area contributed by atoms with Gasteiger partial charge in [0.2, 0.25) is 0 Å². The molecule has 4 heteroatoms. The van der Waals surface area contributed by atoms with Gasteiger partial charge in [-0.3, -0.25) is 4.79 Å². The minimum Gasteiger partial charge on any atom is -0.489 e. The Hall–Kier alpha value is -2.17. The number of aliphatic hydroxyl groups excluding tert-OH is 2. The molecule has 0 radical (unpaired) electrons. The van der Waals surface area contributed by atoms with Crippen LogP contribution in [0.4, 0.5) is 0 Å². The Morgan fingerprint density at radius 1 is 1.17 bits per heavy atom. The molecule has 2 rings (SSSR count). The van der Waals surface area contributed by atoms with Crippen LogP contribution in [0.5, 0.6) is 5.75 Å². The Morgan fingerprint density at radius 3 is 2.43 bits per heavy atom. The van der Waals surface area contributed by atoms with Gasteiger partial charge in [0, 0.05) is 5.56 Å². The average molecular weight is 316 g/mol. The molecule has 0 amide bonds. The number of ether oxygens (including phenoxy) is 1. The monoisotopic (exact) mass is 316 g/mol. The van der Waals surface area contributed by atoms with Crippen molar-refractivity contribution in [1.82, 2.24) is 0 Å². The second-order valence-corrected chi connectivity index (χ2v) is 5.41. The van der Waals surface area contributed by atoms with Crippen molar-refractivity contribution in [2.45, 2.75) is 33.5 Å². The van der Waals surface area contributed by atoms with Gasteiger partial charge in [-0.1, -0.05) is 36.4 Å². The van der Waals surface area contributed by atoms with E-state index in [2.05, 4.69) is 6.07 Å². The molecule has 124 valence electrons. The minimum absolute atomic E-state index is 0.139. The number of aldehydes is 1. The Morgan fingerprint density at radius 2 is 1.83 bits per heavy atom. The zero-order valence-electron chi connectivity index (χ0n) is 13.8. The summed E-state index contributed by atoms with van der Waals surface area (Å²) in [5.74, 6) is 0.871. The van der Waals surface area contributed by atoms with Crippen molar-refractivity contribution in [3.63, 3.8) is 0 Å². The fourth-order valence-corrected chi connectivity index (χ4v) is 1.80. The number of benzene rings is 2. The number of hydrogen-bond acceptors (Lipinski definition) is 4. The fraction of sp³-hybridized carbons (Fsp3) is 0.316. The zero-order chi connectivity index (χ0) is 17.2. The molecule has 0 saturated heterocycles. The van der Waals surface area contributed by atoms with Gasteiger partial charge in [-0.2, -0.15) is 0 Å². The van der Waals surface area contributed by atoms with E-state index in [-0.39, 0.29) is 6.61 Å². The normalized spacial score (nSPS) is 11.2. The Balaban J connectivity index is 0.000000463. The van der Waals surface area contributed by atoms with Crippen LogP contribution in [0.15, 0.2) is 42.5 Å². The van der Waals surface area contributed by atoms with Gasteiger partial charge in [0.1, 0.15) is 18.6 Å². The van der Waals surface area contributed by atoms with Gasteiger partial charge in [0.25, 0.3) is 0 Å². The second-order valence-electron chi connectivity index (χ2n) is 5.41. The fourth-order valence-electron chi connectivity index (χ4n) is 1.80. The molecule has 23 heavy (non-hydrogen) atoms. The number of carbonyl (C=O) groups is 1. The summed E-state index contributed by atoms with van der Waals surface area (Å²) in [6.07, 6.45) is 0.303. The molecule has 0 aliphatic heterocycles. The van der Waals surface area contributed by atoms with E-state index >= 15 is 0 Å². The van der Waals surface area contributed by atoms with Crippen molar-refractivity contribution >= 4 is 6.29 Å². The molecule has 1 atom stereocenters. The molecule has 0 spiro atoms. The predicted molar refractivity (Wildman–Crippen MR) is 90.8 cm³/mol. The highest BCUT2D eigenvalue weighted by Crippen LogP contribution is 2.20. The van der Waals surface area contributed by atoms with E-state index in [4.69, 9.17) is 14.9 Å². The molecule has 2 aromatic carbocycles. The Labute approximate surface area is 137 Å². The lowest BCUT2D eigenvalue weighted by Gasteiger charge is -2.11. The van der Waals surface area contributed by atoms with E-state index in [1.54, 1.807) is 6.07 Å². The number of rotatable bonds is 5. The minimum atomic E-state index is -0.560. The molecule has 0 aromatic heterocycles. The Kier molecular flexibility index (Phi) is 8.02. The number of aliphatic hydroxyl groups is 2. The molecule has 0 heterocycles. The van der Waals surface area contributed by atoms with Crippen LogP contribution in [0.25, 0.3) is 0 Å². The van der Waals surface area contributed by atoms with Crippen LogP contribution in [-0.4, -0.2) is 29.2 Å². The molecular weight excluding hydrogens is 292 g/mol. The van der Waals surface area contributed by atoms with Crippen molar-refractivity contribution < 1.29 is 19.7 Å². The van der Waals surface area contributed by atoms with Gasteiger partial charge in [-0.25, -0.2) is 0 Å². The van der Waals surface area contributed by atoms with Gasteiger partial charge in [0.15, 0.2) is 0 Å². The first-order chi connectivity index (χ1) is 11.0. The van der Waals surface area contributed by atoms with Crippen LogP contribution in [0.1, 0.15) is 34.0 Å². The molecule has 2 N–H and O–H groups in total. The van der Waals surface area contributed by atoms with Crippen LogP contribution in [0.2, 0.25) is 0 Å². The van der Waals surface area contributed by atoms with Crippen LogP contribution < -0.4 is 4.74 Å². The first-order valence-corrected chi connectivity index (χ1v) is 7.50. The van der Waals surface area contributed by atoms with Gasteiger partial charge >= 0.3 is 0 Å². The smallest absolute Gasteiger partial charge is 0.150 e. The maximum atomic E-state index is 10.9. The third-order valence-corrected chi connectivity index (χ3v) is 3.17. The lowest BCUT2D eigenvalue weighted by molar-refractivity contribution is 0.110. The first-order valence-electron chi connectivity index (χ1n) is 7.50. The van der Waals surface area contributed by atoms with Crippen LogP contribution in [-0.2, 0) is 6.61 Å². The summed E-state index contributed by atoms with van der Waals surface area (Å²) in [5, 5.41) is 16.0. The molecule has 4 nitrogen and oxygen atoms in total. The second kappa shape index (κ2) is 9.77. The van der Waals surface area contributed by atoms with Gasteiger partial charge in [0.05, 0.1) is 12.7 Å². The topological polar surface area (TPSA) is 66.8 Å². The standard InChI is InChI=1S/C16H16O2.C3H8O2/c1-12-7-8-13(2)16(9-12)18-11-15-6-4-3-5-14(15)10-17;1-3(5)2-4/h3-10H,11H2,1-2H3;3-5H,2H2,1H3. The molecule has 1 unspecified atom stereocenters. The number of carbonyl (C=O) groups excluding carboxylic acids is 1. The summed E-state index contributed by atoms with van der Waals surface area (Å²) in [6.45, 7) is 5.85. The van der Waals surface area contributed by atoms with Crippen LogP contribution >= 0.6 is 0 Å². The molecule has 0 bridgehead atoms. The van der Waals surface area contributed by atoms with E-state index in [1.165, 1.54) is 12.5 Å². The maximum absolute atomic E-state index is 10.9. The van der Waals surface area contributed by atoms with E-state index < -0.39 is 6.10 Å². The van der Waals surface area contributed by atoms with E-state index in [1.807, 2.05) is 44.2 Å². The zero-order valence-corrected chi connectivity index (χ0v) is 13.8. The average Bonchev–Trinajstić information content (AvgIpc) is 2.56. The highest BCUT2D eigenvalue weighted by atomic mass is 16.5. The molecule has 2 aromatic rings. The van der Waals surface area contributed by atoms with Gasteiger partial charge in [-0.15, -0.1) is 0 Å². The quantitative estimate of drug-likeness (QED) is 0.832. The van der Waals surface area contributed by atoms with Crippen molar-refractivity contribution in [2.24, 2.45) is 0 Å². The summed E-state index contributed by atoms with van der Waals surface area (Å²) >= 11 is 0. The summed E-state index contributed by atoms with van der Waals surface area (Å²) in [6, 6.07) is 13.6. The highest BCUT2D eigenvalue weighted by Gasteiger charge is 2.04. The molecule has 0 fully saturated rings. The van der Waals surface area contributed by atoms with Crippen molar-refractivity contribution in [1.29, 1.82) is 0 Å². The predicted octanol–water partition coefficient (Wildman–Crippen LogP) is 3.05. The molecule has 0 aliphatic carbocycles. The SMILES string of the molecule is CC(O)CO.Cc1ccc(C)c(OCc2ccccc2C=O)c1. The van der Waals surface area contributed by atoms with Crippen molar-refractivity contribution in [3.05, 3.63) is 64.7 Å². The third kappa shape index (κ3) is 6.63. The lowest BCUT2D eigenvalue weighted by atomic mass is 10.1. The number of aryl methyl sites for hydroxylation is 2. The van der Waals surface area contributed by atoms with E-state index in [0.29, 0.717) is 12.2 Å².